The minimum absolute atomic E-state index is 0.206. The zero-order valence-corrected chi connectivity index (χ0v) is 12.4. The van der Waals surface area contributed by atoms with Crippen LogP contribution in [-0.2, 0) is 6.54 Å². The van der Waals surface area contributed by atoms with E-state index in [4.69, 9.17) is 4.74 Å². The van der Waals surface area contributed by atoms with E-state index in [1.165, 1.54) is 10.9 Å². The number of aliphatic hydroxyl groups excluding tert-OH is 1. The van der Waals surface area contributed by atoms with Gasteiger partial charge in [0, 0.05) is 24.6 Å². The van der Waals surface area contributed by atoms with Crippen LogP contribution in [0.3, 0.4) is 0 Å². The Morgan fingerprint density at radius 1 is 1.10 bits per heavy atom. The zero-order valence-electron chi connectivity index (χ0n) is 12.4. The second-order valence-corrected chi connectivity index (χ2v) is 5.30. The number of methoxy groups -OCH3 is 1. The first-order chi connectivity index (χ1) is 9.67. The van der Waals surface area contributed by atoms with Crippen LogP contribution in [-0.4, -0.2) is 24.9 Å². The highest BCUT2D eigenvalue weighted by Gasteiger charge is 2.11. The standard InChI is InChI=1S/C17H23NO2/c1-12(11-19)13(2)18-10-14-8-9-17(20-3)16-7-5-4-6-15(14)16/h4-9,12-13,18-19H,10-11H2,1-3H3. The van der Waals surface area contributed by atoms with Crippen LogP contribution in [0.4, 0.5) is 0 Å². The molecule has 2 aromatic rings. The summed E-state index contributed by atoms with van der Waals surface area (Å²) in [4.78, 5) is 0. The van der Waals surface area contributed by atoms with E-state index in [1.807, 2.05) is 25.1 Å². The molecule has 0 aromatic heterocycles. The average Bonchev–Trinajstić information content (AvgIpc) is 2.51. The summed E-state index contributed by atoms with van der Waals surface area (Å²) in [5, 5.41) is 15.0. The Balaban J connectivity index is 2.23. The molecular formula is C17H23NO2. The highest BCUT2D eigenvalue weighted by atomic mass is 16.5. The number of ether oxygens (including phenoxy) is 1. The van der Waals surface area contributed by atoms with Gasteiger partial charge >= 0.3 is 0 Å². The molecule has 0 fully saturated rings. The average molecular weight is 273 g/mol. The van der Waals surface area contributed by atoms with E-state index < -0.39 is 0 Å². The summed E-state index contributed by atoms with van der Waals surface area (Å²) in [5.74, 6) is 1.15. The van der Waals surface area contributed by atoms with Crippen LogP contribution >= 0.6 is 0 Å². The Morgan fingerprint density at radius 3 is 2.45 bits per heavy atom. The summed E-state index contributed by atoms with van der Waals surface area (Å²) in [6.07, 6.45) is 0. The van der Waals surface area contributed by atoms with Crippen molar-refractivity contribution in [3.05, 3.63) is 42.0 Å². The number of hydrogen-bond donors (Lipinski definition) is 2. The number of hydrogen-bond acceptors (Lipinski definition) is 3. The summed E-state index contributed by atoms with van der Waals surface area (Å²) in [6, 6.07) is 12.7. The van der Waals surface area contributed by atoms with Crippen LogP contribution in [0.2, 0.25) is 0 Å². The molecule has 3 heteroatoms. The lowest BCUT2D eigenvalue weighted by Gasteiger charge is -2.20. The Kier molecular flexibility index (Phi) is 4.99. The smallest absolute Gasteiger partial charge is 0.126 e. The molecular weight excluding hydrogens is 250 g/mol. The molecule has 0 saturated carbocycles. The fourth-order valence-electron chi connectivity index (χ4n) is 2.30. The van der Waals surface area contributed by atoms with E-state index in [1.54, 1.807) is 7.11 Å². The van der Waals surface area contributed by atoms with E-state index in [0.29, 0.717) is 0 Å². The maximum atomic E-state index is 9.19. The molecule has 3 nitrogen and oxygen atoms in total. The van der Waals surface area contributed by atoms with Gasteiger partial charge in [-0.2, -0.15) is 0 Å². The van der Waals surface area contributed by atoms with Crippen molar-refractivity contribution in [3.8, 4) is 5.75 Å². The topological polar surface area (TPSA) is 41.5 Å². The summed E-state index contributed by atoms with van der Waals surface area (Å²) in [7, 11) is 1.70. The summed E-state index contributed by atoms with van der Waals surface area (Å²) < 4.78 is 5.41. The van der Waals surface area contributed by atoms with Crippen LogP contribution in [0.1, 0.15) is 19.4 Å². The second-order valence-electron chi connectivity index (χ2n) is 5.30. The van der Waals surface area contributed by atoms with Crippen molar-refractivity contribution in [2.45, 2.75) is 26.4 Å². The number of fused-ring (bicyclic) bond motifs is 1. The van der Waals surface area contributed by atoms with Crippen molar-refractivity contribution >= 4 is 10.8 Å². The van der Waals surface area contributed by atoms with Gasteiger partial charge in [-0.05, 0) is 29.9 Å². The molecule has 20 heavy (non-hydrogen) atoms. The number of benzene rings is 2. The van der Waals surface area contributed by atoms with Crippen molar-refractivity contribution in [1.29, 1.82) is 0 Å². The van der Waals surface area contributed by atoms with Gasteiger partial charge in [0.25, 0.3) is 0 Å². The number of nitrogens with one attached hydrogen (secondary N) is 1. The summed E-state index contributed by atoms with van der Waals surface area (Å²) in [5.41, 5.74) is 1.25. The third-order valence-corrected chi connectivity index (χ3v) is 3.95. The molecule has 0 spiro atoms. The molecule has 0 aliphatic carbocycles. The fraction of sp³-hybridized carbons (Fsp3) is 0.412. The molecule has 2 N–H and O–H groups in total. The minimum atomic E-state index is 0.206. The third-order valence-electron chi connectivity index (χ3n) is 3.95. The maximum absolute atomic E-state index is 9.19. The van der Waals surface area contributed by atoms with Gasteiger partial charge in [-0.15, -0.1) is 0 Å². The lowest BCUT2D eigenvalue weighted by molar-refractivity contribution is 0.207. The summed E-state index contributed by atoms with van der Waals surface area (Å²) in [6.45, 7) is 5.14. The Bertz CT molecular complexity index is 568. The van der Waals surface area contributed by atoms with Crippen LogP contribution < -0.4 is 10.1 Å². The highest BCUT2D eigenvalue weighted by Crippen LogP contribution is 2.28. The van der Waals surface area contributed by atoms with Crippen LogP contribution in [0.5, 0.6) is 5.75 Å². The zero-order chi connectivity index (χ0) is 14.5. The van der Waals surface area contributed by atoms with Gasteiger partial charge in [0.05, 0.1) is 7.11 Å². The first-order valence-corrected chi connectivity index (χ1v) is 7.06. The molecule has 108 valence electrons. The second kappa shape index (κ2) is 6.73. The van der Waals surface area contributed by atoms with Gasteiger partial charge < -0.3 is 15.2 Å². The first kappa shape index (κ1) is 14.8. The van der Waals surface area contributed by atoms with Crippen molar-refractivity contribution in [3.63, 3.8) is 0 Å². The molecule has 0 aliphatic rings. The van der Waals surface area contributed by atoms with E-state index >= 15 is 0 Å². The van der Waals surface area contributed by atoms with E-state index in [0.717, 1.165) is 17.7 Å². The van der Waals surface area contributed by atoms with Crippen molar-refractivity contribution in [2.75, 3.05) is 13.7 Å². The van der Waals surface area contributed by atoms with Crippen LogP contribution in [0, 0.1) is 5.92 Å². The molecule has 0 amide bonds. The van der Waals surface area contributed by atoms with Crippen LogP contribution in [0.25, 0.3) is 10.8 Å². The third kappa shape index (κ3) is 3.11. The molecule has 0 heterocycles. The van der Waals surface area contributed by atoms with Crippen LogP contribution in [0.15, 0.2) is 36.4 Å². The van der Waals surface area contributed by atoms with Gasteiger partial charge in [-0.25, -0.2) is 0 Å². The molecule has 0 bridgehead atoms. The van der Waals surface area contributed by atoms with E-state index in [2.05, 4.69) is 30.4 Å². The van der Waals surface area contributed by atoms with Gasteiger partial charge in [-0.3, -0.25) is 0 Å². The molecule has 2 unspecified atom stereocenters. The van der Waals surface area contributed by atoms with Gasteiger partial charge in [0.2, 0.25) is 0 Å². The molecule has 2 atom stereocenters. The van der Waals surface area contributed by atoms with Gasteiger partial charge in [-0.1, -0.05) is 37.3 Å². The SMILES string of the molecule is COc1ccc(CNC(C)C(C)CO)c2ccccc12. The monoisotopic (exact) mass is 273 g/mol. The van der Waals surface area contributed by atoms with Crippen molar-refractivity contribution in [1.82, 2.24) is 5.32 Å². The van der Waals surface area contributed by atoms with E-state index in [-0.39, 0.29) is 18.6 Å². The lowest BCUT2D eigenvalue weighted by Crippen LogP contribution is -2.33. The summed E-state index contributed by atoms with van der Waals surface area (Å²) >= 11 is 0. The molecule has 0 aliphatic heterocycles. The number of rotatable bonds is 6. The highest BCUT2D eigenvalue weighted by molar-refractivity contribution is 5.91. The van der Waals surface area contributed by atoms with Gasteiger partial charge in [0.15, 0.2) is 0 Å². The maximum Gasteiger partial charge on any atom is 0.126 e. The fourth-order valence-corrected chi connectivity index (χ4v) is 2.30. The Hall–Kier alpha value is -1.58. The molecule has 2 aromatic carbocycles. The van der Waals surface area contributed by atoms with Crippen molar-refractivity contribution in [2.24, 2.45) is 5.92 Å². The normalized spacial score (nSPS) is 14.2. The largest absolute Gasteiger partial charge is 0.496 e. The molecule has 0 saturated heterocycles. The lowest BCUT2D eigenvalue weighted by atomic mass is 10.0. The Morgan fingerprint density at radius 2 is 1.80 bits per heavy atom. The van der Waals surface area contributed by atoms with Crippen molar-refractivity contribution < 1.29 is 9.84 Å². The predicted octanol–water partition coefficient (Wildman–Crippen LogP) is 2.95. The predicted molar refractivity (Wildman–Crippen MR) is 83.1 cm³/mol. The quantitative estimate of drug-likeness (QED) is 0.850. The number of aliphatic hydroxyl groups is 1. The first-order valence-electron chi connectivity index (χ1n) is 7.06. The minimum Gasteiger partial charge on any atom is -0.496 e. The van der Waals surface area contributed by atoms with Gasteiger partial charge in [0.1, 0.15) is 5.75 Å². The van der Waals surface area contributed by atoms with E-state index in [9.17, 15) is 5.11 Å². The molecule has 0 radical (unpaired) electrons. The Labute approximate surface area is 120 Å². The molecule has 2 rings (SSSR count).